The number of piperazine rings is 1. The third-order valence-electron chi connectivity index (χ3n) is 4.84. The quantitative estimate of drug-likeness (QED) is 0.850. The summed E-state index contributed by atoms with van der Waals surface area (Å²) in [7, 11) is -2.85. The average Bonchev–Trinajstić information content (AvgIpc) is 2.41. The summed E-state index contributed by atoms with van der Waals surface area (Å²) in [6, 6.07) is 0.469. The van der Waals surface area contributed by atoms with Crippen LogP contribution in [0.3, 0.4) is 0 Å². The SMILES string of the molecule is CCS(=O)(=O)CCN1CC(C)NCC12CCCCC2. The van der Waals surface area contributed by atoms with Crippen LogP contribution in [0.25, 0.3) is 0 Å². The van der Waals surface area contributed by atoms with E-state index in [9.17, 15) is 8.42 Å². The molecule has 112 valence electrons. The zero-order valence-electron chi connectivity index (χ0n) is 12.3. The highest BCUT2D eigenvalue weighted by atomic mass is 32.2. The lowest BCUT2D eigenvalue weighted by molar-refractivity contribution is 0.0178. The molecule has 1 aliphatic carbocycles. The van der Waals surface area contributed by atoms with Crippen molar-refractivity contribution in [2.24, 2.45) is 0 Å². The number of rotatable bonds is 4. The predicted molar refractivity (Wildman–Crippen MR) is 79.2 cm³/mol. The van der Waals surface area contributed by atoms with Gasteiger partial charge in [-0.3, -0.25) is 4.90 Å². The van der Waals surface area contributed by atoms with Crippen LogP contribution in [-0.2, 0) is 9.84 Å². The van der Waals surface area contributed by atoms with Crippen LogP contribution < -0.4 is 5.32 Å². The van der Waals surface area contributed by atoms with Gasteiger partial charge in [0.15, 0.2) is 9.84 Å². The van der Waals surface area contributed by atoms with E-state index in [0.29, 0.717) is 18.3 Å². The molecule has 19 heavy (non-hydrogen) atoms. The molecule has 0 amide bonds. The van der Waals surface area contributed by atoms with Gasteiger partial charge < -0.3 is 5.32 Å². The molecule has 2 aliphatic rings. The van der Waals surface area contributed by atoms with Crippen LogP contribution in [0.2, 0.25) is 0 Å². The maximum Gasteiger partial charge on any atom is 0.151 e. The highest BCUT2D eigenvalue weighted by molar-refractivity contribution is 7.91. The second-order valence-electron chi connectivity index (χ2n) is 6.25. The van der Waals surface area contributed by atoms with Gasteiger partial charge in [0.05, 0.1) is 5.75 Å². The molecule has 5 heteroatoms. The Morgan fingerprint density at radius 1 is 1.26 bits per heavy atom. The van der Waals surface area contributed by atoms with Crippen molar-refractivity contribution in [3.8, 4) is 0 Å². The topological polar surface area (TPSA) is 49.4 Å². The van der Waals surface area contributed by atoms with Gasteiger partial charge in [-0.1, -0.05) is 26.2 Å². The Labute approximate surface area is 117 Å². The summed E-state index contributed by atoms with van der Waals surface area (Å²) < 4.78 is 23.5. The number of nitrogens with one attached hydrogen (secondary N) is 1. The Morgan fingerprint density at radius 3 is 2.58 bits per heavy atom. The molecule has 1 spiro atoms. The Bertz CT molecular complexity index is 388. The lowest BCUT2D eigenvalue weighted by Gasteiger charge is -2.51. The van der Waals surface area contributed by atoms with E-state index in [1.807, 2.05) is 0 Å². The molecule has 0 radical (unpaired) electrons. The van der Waals surface area contributed by atoms with Gasteiger partial charge in [-0.05, 0) is 19.8 Å². The van der Waals surface area contributed by atoms with Crippen LogP contribution in [0.15, 0.2) is 0 Å². The van der Waals surface area contributed by atoms with Crippen LogP contribution in [-0.4, -0.2) is 56.0 Å². The predicted octanol–water partition coefficient (Wildman–Crippen LogP) is 1.42. The Balaban J connectivity index is 2.04. The molecule has 4 nitrogen and oxygen atoms in total. The molecule has 1 saturated carbocycles. The van der Waals surface area contributed by atoms with Crippen LogP contribution >= 0.6 is 0 Å². The fourth-order valence-electron chi connectivity index (χ4n) is 3.49. The smallest absolute Gasteiger partial charge is 0.151 e. The summed E-state index contributed by atoms with van der Waals surface area (Å²) >= 11 is 0. The van der Waals surface area contributed by atoms with Crippen molar-refractivity contribution < 1.29 is 8.42 Å². The second-order valence-corrected chi connectivity index (χ2v) is 8.72. The molecule has 1 N–H and O–H groups in total. The molecule has 1 heterocycles. The van der Waals surface area contributed by atoms with Gasteiger partial charge in [-0.25, -0.2) is 8.42 Å². The minimum Gasteiger partial charge on any atom is -0.311 e. The van der Waals surface area contributed by atoms with Crippen molar-refractivity contribution in [3.63, 3.8) is 0 Å². The molecule has 2 rings (SSSR count). The molecule has 2 fully saturated rings. The first-order valence-corrected chi connectivity index (χ1v) is 9.48. The molecule has 0 aromatic carbocycles. The lowest BCUT2D eigenvalue weighted by Crippen LogP contribution is -2.65. The number of hydrogen-bond donors (Lipinski definition) is 1. The first kappa shape index (κ1) is 15.3. The minimum absolute atomic E-state index is 0.230. The molecule has 0 aromatic heterocycles. The molecule has 0 bridgehead atoms. The van der Waals surface area contributed by atoms with E-state index < -0.39 is 9.84 Å². The number of sulfone groups is 1. The summed E-state index contributed by atoms with van der Waals surface area (Å²) in [5.74, 6) is 0.583. The van der Waals surface area contributed by atoms with Crippen LogP contribution in [0.1, 0.15) is 46.0 Å². The van der Waals surface area contributed by atoms with Gasteiger partial charge in [0.25, 0.3) is 0 Å². The molecule has 1 unspecified atom stereocenters. The van der Waals surface area contributed by atoms with E-state index in [1.165, 1.54) is 32.1 Å². The van der Waals surface area contributed by atoms with Crippen molar-refractivity contribution in [1.29, 1.82) is 0 Å². The van der Waals surface area contributed by atoms with Gasteiger partial charge in [0.1, 0.15) is 0 Å². The molecule has 1 aliphatic heterocycles. The van der Waals surface area contributed by atoms with Crippen molar-refractivity contribution >= 4 is 9.84 Å². The van der Waals surface area contributed by atoms with Crippen LogP contribution in [0, 0.1) is 0 Å². The van der Waals surface area contributed by atoms with Crippen molar-refractivity contribution in [2.45, 2.75) is 57.5 Å². The van der Waals surface area contributed by atoms with Gasteiger partial charge in [0.2, 0.25) is 0 Å². The number of nitrogens with zero attached hydrogens (tertiary/aromatic N) is 1. The standard InChI is InChI=1S/C14H28N2O2S/c1-3-19(17,18)10-9-16-11-13(2)15-12-14(16)7-5-4-6-8-14/h13,15H,3-12H2,1-2H3. The molecule has 1 saturated heterocycles. The molecular formula is C14H28N2O2S. The Kier molecular flexibility index (Phi) is 4.90. The lowest BCUT2D eigenvalue weighted by atomic mass is 9.78. The molecule has 0 aromatic rings. The van der Waals surface area contributed by atoms with Crippen molar-refractivity contribution in [1.82, 2.24) is 10.2 Å². The van der Waals surface area contributed by atoms with E-state index in [1.54, 1.807) is 6.92 Å². The summed E-state index contributed by atoms with van der Waals surface area (Å²) in [5, 5.41) is 3.59. The summed E-state index contributed by atoms with van der Waals surface area (Å²) in [5.41, 5.74) is 0.230. The summed E-state index contributed by atoms with van der Waals surface area (Å²) in [6.07, 6.45) is 6.34. The minimum atomic E-state index is -2.85. The fourth-order valence-corrected chi connectivity index (χ4v) is 4.28. The van der Waals surface area contributed by atoms with Crippen molar-refractivity contribution in [3.05, 3.63) is 0 Å². The Hall–Kier alpha value is -0.130. The van der Waals surface area contributed by atoms with Crippen LogP contribution in [0.4, 0.5) is 0 Å². The average molecular weight is 288 g/mol. The van der Waals surface area contributed by atoms with E-state index in [-0.39, 0.29) is 11.3 Å². The summed E-state index contributed by atoms with van der Waals surface area (Å²) in [6.45, 7) is 6.66. The second kappa shape index (κ2) is 6.10. The van der Waals surface area contributed by atoms with Gasteiger partial charge in [-0.2, -0.15) is 0 Å². The van der Waals surface area contributed by atoms with Crippen molar-refractivity contribution in [2.75, 3.05) is 31.1 Å². The zero-order chi connectivity index (χ0) is 13.9. The Morgan fingerprint density at radius 2 is 1.95 bits per heavy atom. The van der Waals surface area contributed by atoms with E-state index >= 15 is 0 Å². The molecule has 1 atom stereocenters. The van der Waals surface area contributed by atoms with Gasteiger partial charge >= 0.3 is 0 Å². The maximum absolute atomic E-state index is 11.8. The fraction of sp³-hybridized carbons (Fsp3) is 1.00. The van der Waals surface area contributed by atoms with E-state index in [2.05, 4.69) is 17.1 Å². The number of hydrogen-bond acceptors (Lipinski definition) is 4. The van der Waals surface area contributed by atoms with Crippen LogP contribution in [0.5, 0.6) is 0 Å². The third-order valence-corrected chi connectivity index (χ3v) is 6.53. The van der Waals surface area contributed by atoms with E-state index in [4.69, 9.17) is 0 Å². The third kappa shape index (κ3) is 3.70. The highest BCUT2D eigenvalue weighted by Crippen LogP contribution is 2.35. The van der Waals surface area contributed by atoms with Gasteiger partial charge in [-0.15, -0.1) is 0 Å². The zero-order valence-corrected chi connectivity index (χ0v) is 13.1. The monoisotopic (exact) mass is 288 g/mol. The maximum atomic E-state index is 11.8. The molecular weight excluding hydrogens is 260 g/mol. The first-order chi connectivity index (χ1) is 8.97. The largest absolute Gasteiger partial charge is 0.311 e. The summed E-state index contributed by atoms with van der Waals surface area (Å²) in [4.78, 5) is 2.47. The first-order valence-electron chi connectivity index (χ1n) is 7.66. The van der Waals surface area contributed by atoms with E-state index in [0.717, 1.165) is 13.1 Å². The van der Waals surface area contributed by atoms with Gasteiger partial charge in [0, 0.05) is 37.0 Å². The normalized spacial score (nSPS) is 28.6. The highest BCUT2D eigenvalue weighted by Gasteiger charge is 2.41.